The first-order valence-electron chi connectivity index (χ1n) is 4.63. The number of benzene rings is 2. The van der Waals surface area contributed by atoms with E-state index in [0.29, 0.717) is 0 Å². The van der Waals surface area contributed by atoms with Crippen molar-refractivity contribution in [3.8, 4) is 0 Å². The van der Waals surface area contributed by atoms with Crippen molar-refractivity contribution in [2.75, 3.05) is 11.1 Å². The average molecular weight is 263 g/mol. The molecule has 0 saturated carbocycles. The summed E-state index contributed by atoms with van der Waals surface area (Å²) in [7, 11) is 0. The summed E-state index contributed by atoms with van der Waals surface area (Å²) in [5, 5.41) is 3.30. The Bertz CT molecular complexity index is 451. The van der Waals surface area contributed by atoms with Crippen molar-refractivity contribution in [1.82, 2.24) is 0 Å². The maximum atomic E-state index is 5.61. The largest absolute Gasteiger partial charge is 0.399 e. The van der Waals surface area contributed by atoms with Crippen LogP contribution >= 0.6 is 15.9 Å². The van der Waals surface area contributed by atoms with Crippen LogP contribution < -0.4 is 11.1 Å². The number of hydrogen-bond acceptors (Lipinski definition) is 2. The fourth-order valence-corrected chi connectivity index (χ4v) is 1.67. The van der Waals surface area contributed by atoms with Crippen LogP contribution in [0.5, 0.6) is 0 Å². The summed E-state index contributed by atoms with van der Waals surface area (Å²) in [5.41, 5.74) is 8.45. The van der Waals surface area contributed by atoms with Crippen molar-refractivity contribution in [1.29, 1.82) is 0 Å². The molecule has 0 saturated heterocycles. The van der Waals surface area contributed by atoms with Gasteiger partial charge in [-0.2, -0.15) is 0 Å². The topological polar surface area (TPSA) is 38.0 Å². The van der Waals surface area contributed by atoms with Crippen LogP contribution in [0.2, 0.25) is 0 Å². The molecule has 0 aliphatic carbocycles. The van der Waals surface area contributed by atoms with E-state index >= 15 is 0 Å². The highest BCUT2D eigenvalue weighted by Crippen LogP contribution is 2.25. The van der Waals surface area contributed by atoms with Gasteiger partial charge in [0.2, 0.25) is 0 Å². The van der Waals surface area contributed by atoms with E-state index in [2.05, 4.69) is 21.2 Å². The number of halogens is 1. The summed E-state index contributed by atoms with van der Waals surface area (Å²) in [5.74, 6) is 0. The van der Waals surface area contributed by atoms with E-state index in [1.807, 2.05) is 48.5 Å². The van der Waals surface area contributed by atoms with Crippen LogP contribution in [0, 0.1) is 0 Å². The number of para-hydroxylation sites is 1. The molecule has 76 valence electrons. The lowest BCUT2D eigenvalue weighted by molar-refractivity contribution is 1.52. The molecule has 0 atom stereocenters. The highest BCUT2D eigenvalue weighted by Gasteiger charge is 1.98. The minimum Gasteiger partial charge on any atom is -0.399 e. The second-order valence-electron chi connectivity index (χ2n) is 3.23. The quantitative estimate of drug-likeness (QED) is 0.809. The number of anilines is 3. The van der Waals surface area contributed by atoms with Crippen LogP contribution in [-0.4, -0.2) is 0 Å². The smallest absolute Gasteiger partial charge is 0.0528 e. The molecule has 0 heterocycles. The molecule has 0 radical (unpaired) electrons. The van der Waals surface area contributed by atoms with Gasteiger partial charge in [0.25, 0.3) is 0 Å². The average Bonchev–Trinajstić information content (AvgIpc) is 2.25. The van der Waals surface area contributed by atoms with E-state index in [4.69, 9.17) is 5.73 Å². The molecule has 2 nitrogen and oxygen atoms in total. The van der Waals surface area contributed by atoms with Gasteiger partial charge >= 0.3 is 0 Å². The van der Waals surface area contributed by atoms with Crippen LogP contribution in [0.3, 0.4) is 0 Å². The van der Waals surface area contributed by atoms with Gasteiger partial charge in [-0.1, -0.05) is 12.1 Å². The Balaban J connectivity index is 2.22. The van der Waals surface area contributed by atoms with Crippen molar-refractivity contribution >= 4 is 33.0 Å². The molecular weight excluding hydrogens is 252 g/mol. The number of rotatable bonds is 2. The number of nitrogens with two attached hydrogens (primary N) is 1. The molecule has 3 N–H and O–H groups in total. The van der Waals surface area contributed by atoms with Gasteiger partial charge in [-0.05, 0) is 52.3 Å². The predicted octanol–water partition coefficient (Wildman–Crippen LogP) is 3.77. The zero-order valence-electron chi connectivity index (χ0n) is 8.07. The maximum Gasteiger partial charge on any atom is 0.0528 e. The fraction of sp³-hybridized carbons (Fsp3) is 0. The molecule has 0 unspecified atom stereocenters. The molecular formula is C12H11BrN2. The van der Waals surface area contributed by atoms with E-state index in [-0.39, 0.29) is 0 Å². The summed E-state index contributed by atoms with van der Waals surface area (Å²) < 4.78 is 1.04. The standard InChI is InChI=1S/C12H11BrN2/c13-11-3-1-2-4-12(11)15-10-7-5-9(14)6-8-10/h1-8,15H,14H2. The minimum atomic E-state index is 0.771. The second-order valence-corrected chi connectivity index (χ2v) is 4.08. The lowest BCUT2D eigenvalue weighted by Gasteiger charge is -2.08. The lowest BCUT2D eigenvalue weighted by atomic mass is 10.2. The Labute approximate surface area is 97.2 Å². The number of nitrogens with one attached hydrogen (secondary N) is 1. The number of nitrogen functional groups attached to an aromatic ring is 1. The zero-order valence-corrected chi connectivity index (χ0v) is 9.66. The van der Waals surface area contributed by atoms with E-state index in [1.165, 1.54) is 0 Å². The van der Waals surface area contributed by atoms with Crippen LogP contribution in [0.1, 0.15) is 0 Å². The first-order chi connectivity index (χ1) is 7.25. The molecule has 0 spiro atoms. The van der Waals surface area contributed by atoms with Crippen LogP contribution in [0.4, 0.5) is 17.1 Å². The highest BCUT2D eigenvalue weighted by molar-refractivity contribution is 9.10. The molecule has 0 aromatic heterocycles. The summed E-state index contributed by atoms with van der Waals surface area (Å²) >= 11 is 3.48. The van der Waals surface area contributed by atoms with E-state index in [9.17, 15) is 0 Å². The third kappa shape index (κ3) is 2.50. The molecule has 2 rings (SSSR count). The molecule has 2 aromatic rings. The van der Waals surface area contributed by atoms with Gasteiger partial charge in [0, 0.05) is 15.8 Å². The molecule has 0 aliphatic rings. The highest BCUT2D eigenvalue weighted by atomic mass is 79.9. The van der Waals surface area contributed by atoms with Gasteiger partial charge in [0.05, 0.1) is 5.69 Å². The Hall–Kier alpha value is -1.48. The van der Waals surface area contributed by atoms with Gasteiger partial charge in [-0.3, -0.25) is 0 Å². The zero-order chi connectivity index (χ0) is 10.7. The predicted molar refractivity (Wildman–Crippen MR) is 68.3 cm³/mol. The van der Waals surface area contributed by atoms with Gasteiger partial charge in [-0.25, -0.2) is 0 Å². The lowest BCUT2D eigenvalue weighted by Crippen LogP contribution is -1.91. The Morgan fingerprint density at radius 3 is 2.27 bits per heavy atom. The fourth-order valence-electron chi connectivity index (χ4n) is 1.28. The summed E-state index contributed by atoms with van der Waals surface area (Å²) in [4.78, 5) is 0. The third-order valence-electron chi connectivity index (χ3n) is 2.06. The van der Waals surface area contributed by atoms with Crippen LogP contribution in [-0.2, 0) is 0 Å². The molecule has 0 bridgehead atoms. The Morgan fingerprint density at radius 1 is 0.933 bits per heavy atom. The SMILES string of the molecule is Nc1ccc(Nc2ccccc2Br)cc1. The Morgan fingerprint density at radius 2 is 1.60 bits per heavy atom. The van der Waals surface area contributed by atoms with Crippen molar-refractivity contribution in [2.45, 2.75) is 0 Å². The van der Waals surface area contributed by atoms with Crippen molar-refractivity contribution in [3.05, 3.63) is 53.0 Å². The molecule has 0 amide bonds. The summed E-state index contributed by atoms with van der Waals surface area (Å²) in [6, 6.07) is 15.6. The van der Waals surface area contributed by atoms with E-state index in [0.717, 1.165) is 21.5 Å². The first-order valence-corrected chi connectivity index (χ1v) is 5.42. The number of hydrogen-bond donors (Lipinski definition) is 2. The van der Waals surface area contributed by atoms with E-state index in [1.54, 1.807) is 0 Å². The normalized spacial score (nSPS) is 9.93. The third-order valence-corrected chi connectivity index (χ3v) is 2.76. The molecule has 0 aliphatic heterocycles. The maximum absolute atomic E-state index is 5.61. The van der Waals surface area contributed by atoms with Gasteiger partial charge in [0.1, 0.15) is 0 Å². The van der Waals surface area contributed by atoms with E-state index < -0.39 is 0 Å². The van der Waals surface area contributed by atoms with Gasteiger partial charge in [-0.15, -0.1) is 0 Å². The van der Waals surface area contributed by atoms with Crippen molar-refractivity contribution in [2.24, 2.45) is 0 Å². The van der Waals surface area contributed by atoms with Gasteiger partial charge in [0.15, 0.2) is 0 Å². The summed E-state index contributed by atoms with van der Waals surface area (Å²) in [6.07, 6.45) is 0. The van der Waals surface area contributed by atoms with Gasteiger partial charge < -0.3 is 11.1 Å². The summed E-state index contributed by atoms with van der Waals surface area (Å²) in [6.45, 7) is 0. The van der Waals surface area contributed by atoms with Crippen LogP contribution in [0.15, 0.2) is 53.0 Å². The van der Waals surface area contributed by atoms with Crippen LogP contribution in [0.25, 0.3) is 0 Å². The molecule has 2 aromatic carbocycles. The molecule has 15 heavy (non-hydrogen) atoms. The minimum absolute atomic E-state index is 0.771. The van der Waals surface area contributed by atoms with Crippen molar-refractivity contribution in [3.63, 3.8) is 0 Å². The second kappa shape index (κ2) is 4.36. The first kappa shape index (κ1) is 10.1. The Kier molecular flexibility index (Phi) is 2.92. The molecule has 0 fully saturated rings. The molecule has 3 heteroatoms. The monoisotopic (exact) mass is 262 g/mol. The van der Waals surface area contributed by atoms with Crippen molar-refractivity contribution < 1.29 is 0 Å².